The topological polar surface area (TPSA) is 24.9 Å². The molecule has 1 aromatic rings. The molecule has 0 aliphatic rings. The Balaban J connectivity index is 2.47. The van der Waals surface area contributed by atoms with Crippen molar-refractivity contribution in [3.63, 3.8) is 0 Å². The fourth-order valence-electron chi connectivity index (χ4n) is 1.49. The largest absolute Gasteiger partial charge is 0.314 e. The second-order valence-corrected chi connectivity index (χ2v) is 3.83. The van der Waals surface area contributed by atoms with Crippen molar-refractivity contribution in [2.24, 2.45) is 0 Å². The molecule has 0 saturated heterocycles. The van der Waals surface area contributed by atoms with Crippen molar-refractivity contribution < 1.29 is 0 Å². The van der Waals surface area contributed by atoms with Gasteiger partial charge in [0.25, 0.3) is 0 Å². The van der Waals surface area contributed by atoms with E-state index < -0.39 is 0 Å². The Hall–Kier alpha value is -0.890. The number of pyridine rings is 1. The van der Waals surface area contributed by atoms with Gasteiger partial charge in [0.2, 0.25) is 0 Å². The second kappa shape index (κ2) is 5.76. The van der Waals surface area contributed by atoms with Crippen LogP contribution in [-0.4, -0.2) is 17.6 Å². The monoisotopic (exact) mass is 192 g/mol. The molecule has 1 N–H and O–H groups in total. The molecule has 0 spiro atoms. The molecule has 1 aromatic heterocycles. The Morgan fingerprint density at radius 2 is 2.29 bits per heavy atom. The molecule has 78 valence electrons. The summed E-state index contributed by atoms with van der Waals surface area (Å²) in [6.45, 7) is 7.61. The third-order valence-corrected chi connectivity index (χ3v) is 2.36. The third-order valence-electron chi connectivity index (χ3n) is 2.36. The molecule has 1 heterocycles. The number of aryl methyl sites for hydroxylation is 1. The standard InChI is InChI=1S/C12H20N2/c1-4-7-13-11(3)9-12-10(2)6-5-8-14-12/h5-6,8,11,13H,4,7,9H2,1-3H3. The molecule has 0 aromatic carbocycles. The van der Waals surface area contributed by atoms with Gasteiger partial charge in [-0.25, -0.2) is 0 Å². The van der Waals surface area contributed by atoms with Crippen LogP contribution >= 0.6 is 0 Å². The van der Waals surface area contributed by atoms with Crippen molar-refractivity contribution in [1.29, 1.82) is 0 Å². The van der Waals surface area contributed by atoms with Gasteiger partial charge in [0.15, 0.2) is 0 Å². The fourth-order valence-corrected chi connectivity index (χ4v) is 1.49. The van der Waals surface area contributed by atoms with Gasteiger partial charge in [-0.1, -0.05) is 13.0 Å². The SMILES string of the molecule is CCCNC(C)Cc1ncccc1C. The fraction of sp³-hybridized carbons (Fsp3) is 0.583. The molecular formula is C12H20N2. The van der Waals surface area contributed by atoms with Gasteiger partial charge >= 0.3 is 0 Å². The van der Waals surface area contributed by atoms with Crippen molar-refractivity contribution in [1.82, 2.24) is 10.3 Å². The Kier molecular flexibility index (Phi) is 4.60. The first-order valence-corrected chi connectivity index (χ1v) is 5.38. The highest BCUT2D eigenvalue weighted by Gasteiger charge is 2.04. The van der Waals surface area contributed by atoms with Crippen molar-refractivity contribution >= 4 is 0 Å². The van der Waals surface area contributed by atoms with Crippen LogP contribution < -0.4 is 5.32 Å². The van der Waals surface area contributed by atoms with Gasteiger partial charge in [0.1, 0.15) is 0 Å². The van der Waals surface area contributed by atoms with E-state index in [4.69, 9.17) is 0 Å². The summed E-state index contributed by atoms with van der Waals surface area (Å²) in [5, 5.41) is 3.47. The summed E-state index contributed by atoms with van der Waals surface area (Å²) in [6.07, 6.45) is 4.08. The molecule has 0 saturated carbocycles. The molecule has 1 atom stereocenters. The molecule has 1 rings (SSSR count). The number of hydrogen-bond donors (Lipinski definition) is 1. The summed E-state index contributed by atoms with van der Waals surface area (Å²) in [5.74, 6) is 0. The van der Waals surface area contributed by atoms with Crippen LogP contribution in [0.4, 0.5) is 0 Å². The lowest BCUT2D eigenvalue weighted by molar-refractivity contribution is 0.537. The summed E-state index contributed by atoms with van der Waals surface area (Å²) in [5.41, 5.74) is 2.50. The van der Waals surface area contributed by atoms with Gasteiger partial charge in [-0.05, 0) is 38.4 Å². The molecule has 0 bridgehead atoms. The molecule has 0 aliphatic heterocycles. The van der Waals surface area contributed by atoms with E-state index >= 15 is 0 Å². The number of aromatic nitrogens is 1. The molecule has 0 radical (unpaired) electrons. The van der Waals surface area contributed by atoms with Gasteiger partial charge in [-0.3, -0.25) is 4.98 Å². The van der Waals surface area contributed by atoms with E-state index in [1.165, 1.54) is 17.7 Å². The number of rotatable bonds is 5. The van der Waals surface area contributed by atoms with Crippen molar-refractivity contribution in [2.45, 2.75) is 39.7 Å². The predicted molar refractivity (Wildman–Crippen MR) is 60.4 cm³/mol. The van der Waals surface area contributed by atoms with E-state index in [9.17, 15) is 0 Å². The van der Waals surface area contributed by atoms with E-state index in [1.807, 2.05) is 12.3 Å². The van der Waals surface area contributed by atoms with E-state index in [0.717, 1.165) is 13.0 Å². The normalized spacial score (nSPS) is 12.8. The van der Waals surface area contributed by atoms with E-state index in [2.05, 4.69) is 37.1 Å². The number of nitrogens with zero attached hydrogens (tertiary/aromatic N) is 1. The number of nitrogens with one attached hydrogen (secondary N) is 1. The highest BCUT2D eigenvalue weighted by molar-refractivity contribution is 5.18. The zero-order valence-electron chi connectivity index (χ0n) is 9.38. The summed E-state index contributed by atoms with van der Waals surface area (Å²) >= 11 is 0. The minimum Gasteiger partial charge on any atom is -0.314 e. The lowest BCUT2D eigenvalue weighted by atomic mass is 10.1. The maximum Gasteiger partial charge on any atom is 0.0448 e. The van der Waals surface area contributed by atoms with Gasteiger partial charge in [-0.15, -0.1) is 0 Å². The Morgan fingerprint density at radius 3 is 2.93 bits per heavy atom. The molecule has 2 heteroatoms. The average Bonchev–Trinajstić information content (AvgIpc) is 2.18. The molecule has 0 fully saturated rings. The third kappa shape index (κ3) is 3.46. The van der Waals surface area contributed by atoms with Crippen LogP contribution in [0, 0.1) is 6.92 Å². The highest BCUT2D eigenvalue weighted by Crippen LogP contribution is 2.05. The van der Waals surface area contributed by atoms with Crippen LogP contribution in [-0.2, 0) is 6.42 Å². The van der Waals surface area contributed by atoms with Crippen LogP contribution in [0.25, 0.3) is 0 Å². The Morgan fingerprint density at radius 1 is 1.50 bits per heavy atom. The van der Waals surface area contributed by atoms with Crippen LogP contribution in [0.3, 0.4) is 0 Å². The van der Waals surface area contributed by atoms with Crippen LogP contribution in [0.5, 0.6) is 0 Å². The zero-order chi connectivity index (χ0) is 10.4. The van der Waals surface area contributed by atoms with Crippen LogP contribution in [0.2, 0.25) is 0 Å². The Labute approximate surface area is 86.8 Å². The van der Waals surface area contributed by atoms with E-state index in [-0.39, 0.29) is 0 Å². The maximum absolute atomic E-state index is 4.39. The predicted octanol–water partition coefficient (Wildman–Crippen LogP) is 2.32. The molecule has 1 unspecified atom stereocenters. The van der Waals surface area contributed by atoms with Crippen LogP contribution in [0.15, 0.2) is 18.3 Å². The van der Waals surface area contributed by atoms with E-state index in [0.29, 0.717) is 6.04 Å². The highest BCUT2D eigenvalue weighted by atomic mass is 14.9. The van der Waals surface area contributed by atoms with Crippen molar-refractivity contribution in [3.8, 4) is 0 Å². The van der Waals surface area contributed by atoms with Crippen LogP contribution in [0.1, 0.15) is 31.5 Å². The van der Waals surface area contributed by atoms with Gasteiger partial charge in [0.05, 0.1) is 0 Å². The molecule has 2 nitrogen and oxygen atoms in total. The lowest BCUT2D eigenvalue weighted by Crippen LogP contribution is -2.29. The summed E-state index contributed by atoms with van der Waals surface area (Å²) in [7, 11) is 0. The lowest BCUT2D eigenvalue weighted by Gasteiger charge is -2.13. The minimum absolute atomic E-state index is 0.517. The molecule has 14 heavy (non-hydrogen) atoms. The minimum atomic E-state index is 0.517. The summed E-state index contributed by atoms with van der Waals surface area (Å²) in [4.78, 5) is 4.39. The average molecular weight is 192 g/mol. The van der Waals surface area contributed by atoms with Crippen molar-refractivity contribution in [2.75, 3.05) is 6.54 Å². The number of hydrogen-bond acceptors (Lipinski definition) is 2. The Bertz CT molecular complexity index is 271. The summed E-state index contributed by atoms with van der Waals surface area (Å²) in [6, 6.07) is 4.63. The quantitative estimate of drug-likeness (QED) is 0.774. The molecule has 0 aliphatic carbocycles. The van der Waals surface area contributed by atoms with Gasteiger partial charge in [0, 0.05) is 24.4 Å². The summed E-state index contributed by atoms with van der Waals surface area (Å²) < 4.78 is 0. The van der Waals surface area contributed by atoms with Gasteiger partial charge < -0.3 is 5.32 Å². The first kappa shape index (κ1) is 11.2. The first-order chi connectivity index (χ1) is 6.74. The molecular weight excluding hydrogens is 172 g/mol. The van der Waals surface area contributed by atoms with E-state index in [1.54, 1.807) is 0 Å². The van der Waals surface area contributed by atoms with Gasteiger partial charge in [-0.2, -0.15) is 0 Å². The first-order valence-electron chi connectivity index (χ1n) is 5.38. The zero-order valence-corrected chi connectivity index (χ0v) is 9.38. The smallest absolute Gasteiger partial charge is 0.0448 e. The molecule has 0 amide bonds. The maximum atomic E-state index is 4.39. The second-order valence-electron chi connectivity index (χ2n) is 3.83. The van der Waals surface area contributed by atoms with Crippen molar-refractivity contribution in [3.05, 3.63) is 29.6 Å².